The van der Waals surface area contributed by atoms with Crippen molar-refractivity contribution in [1.29, 1.82) is 0 Å². The SMILES string of the molecule is CCc1cc(NCC2COc3ccccc3O2)nc(Cl)n1. The Morgan fingerprint density at radius 1 is 1.29 bits per heavy atom. The smallest absolute Gasteiger partial charge is 0.224 e. The molecule has 2 aromatic rings. The zero-order valence-electron chi connectivity index (χ0n) is 11.7. The molecule has 0 saturated heterocycles. The third-order valence-corrected chi connectivity index (χ3v) is 3.36. The Kier molecular flexibility index (Phi) is 4.10. The van der Waals surface area contributed by atoms with Crippen LogP contribution < -0.4 is 14.8 Å². The summed E-state index contributed by atoms with van der Waals surface area (Å²) in [7, 11) is 0. The van der Waals surface area contributed by atoms with Crippen molar-refractivity contribution >= 4 is 17.4 Å². The van der Waals surface area contributed by atoms with Crippen LogP contribution in [0, 0.1) is 0 Å². The molecule has 110 valence electrons. The lowest BCUT2D eigenvalue weighted by Gasteiger charge is -2.26. The minimum atomic E-state index is -0.0706. The van der Waals surface area contributed by atoms with Crippen LogP contribution >= 0.6 is 11.6 Å². The molecule has 3 rings (SSSR count). The number of aromatic nitrogens is 2. The van der Waals surface area contributed by atoms with Gasteiger partial charge in [-0.1, -0.05) is 19.1 Å². The van der Waals surface area contributed by atoms with E-state index < -0.39 is 0 Å². The third kappa shape index (κ3) is 3.36. The van der Waals surface area contributed by atoms with Gasteiger partial charge in [-0.3, -0.25) is 0 Å². The Morgan fingerprint density at radius 3 is 2.90 bits per heavy atom. The van der Waals surface area contributed by atoms with Crippen LogP contribution in [0.1, 0.15) is 12.6 Å². The van der Waals surface area contributed by atoms with Crippen molar-refractivity contribution in [3.8, 4) is 11.5 Å². The monoisotopic (exact) mass is 305 g/mol. The van der Waals surface area contributed by atoms with Crippen LogP contribution in [0.5, 0.6) is 11.5 Å². The molecule has 1 aromatic heterocycles. The molecule has 0 bridgehead atoms. The lowest BCUT2D eigenvalue weighted by atomic mass is 10.2. The average molecular weight is 306 g/mol. The number of hydrogen-bond donors (Lipinski definition) is 1. The fraction of sp³-hybridized carbons (Fsp3) is 0.333. The van der Waals surface area contributed by atoms with Crippen LogP contribution in [-0.2, 0) is 6.42 Å². The molecule has 1 N–H and O–H groups in total. The van der Waals surface area contributed by atoms with Crippen LogP contribution in [0.25, 0.3) is 0 Å². The maximum absolute atomic E-state index is 5.90. The van der Waals surface area contributed by atoms with E-state index in [1.165, 1.54) is 0 Å². The molecule has 1 aliphatic rings. The number of hydrogen-bond acceptors (Lipinski definition) is 5. The number of benzene rings is 1. The molecule has 0 amide bonds. The lowest BCUT2D eigenvalue weighted by molar-refractivity contribution is 0.0997. The fourth-order valence-corrected chi connectivity index (χ4v) is 2.32. The second-order valence-corrected chi connectivity index (χ2v) is 5.08. The molecule has 1 aliphatic heterocycles. The van der Waals surface area contributed by atoms with Crippen molar-refractivity contribution in [3.63, 3.8) is 0 Å². The Morgan fingerprint density at radius 2 is 2.10 bits per heavy atom. The van der Waals surface area contributed by atoms with Crippen LogP contribution in [0.15, 0.2) is 30.3 Å². The summed E-state index contributed by atoms with van der Waals surface area (Å²) in [4.78, 5) is 8.29. The number of rotatable bonds is 4. The van der Waals surface area contributed by atoms with Gasteiger partial charge in [0, 0.05) is 11.8 Å². The Balaban J connectivity index is 1.63. The summed E-state index contributed by atoms with van der Waals surface area (Å²) in [5.41, 5.74) is 0.906. The summed E-state index contributed by atoms with van der Waals surface area (Å²) in [5.74, 6) is 2.26. The van der Waals surface area contributed by atoms with Gasteiger partial charge in [-0.25, -0.2) is 9.97 Å². The van der Waals surface area contributed by atoms with Gasteiger partial charge in [0.15, 0.2) is 11.5 Å². The molecular weight excluding hydrogens is 290 g/mol. The van der Waals surface area contributed by atoms with Crippen molar-refractivity contribution in [3.05, 3.63) is 41.3 Å². The molecule has 1 atom stereocenters. The predicted octanol–water partition coefficient (Wildman–Crippen LogP) is 2.94. The first-order valence-corrected chi connectivity index (χ1v) is 7.28. The maximum Gasteiger partial charge on any atom is 0.224 e. The highest BCUT2D eigenvalue weighted by molar-refractivity contribution is 6.28. The maximum atomic E-state index is 5.90. The van der Waals surface area contributed by atoms with Crippen LogP contribution in [0.2, 0.25) is 5.28 Å². The molecule has 2 heterocycles. The molecule has 5 nitrogen and oxygen atoms in total. The zero-order valence-corrected chi connectivity index (χ0v) is 12.4. The van der Waals surface area contributed by atoms with Crippen LogP contribution in [0.4, 0.5) is 5.82 Å². The summed E-state index contributed by atoms with van der Waals surface area (Å²) in [6.45, 7) is 3.12. The number of anilines is 1. The Hall–Kier alpha value is -2.01. The third-order valence-electron chi connectivity index (χ3n) is 3.19. The Bertz CT molecular complexity index is 636. The number of nitrogens with one attached hydrogen (secondary N) is 1. The van der Waals surface area contributed by atoms with Gasteiger partial charge in [0.05, 0.1) is 6.54 Å². The van der Waals surface area contributed by atoms with Gasteiger partial charge in [0.2, 0.25) is 5.28 Å². The minimum absolute atomic E-state index is 0.0706. The molecule has 0 spiro atoms. The van der Waals surface area contributed by atoms with E-state index in [1.54, 1.807) is 0 Å². The van der Waals surface area contributed by atoms with Gasteiger partial charge in [-0.05, 0) is 30.2 Å². The normalized spacial score (nSPS) is 16.6. The predicted molar refractivity (Wildman–Crippen MR) is 81.3 cm³/mol. The lowest BCUT2D eigenvalue weighted by Crippen LogP contribution is -2.35. The first-order valence-electron chi connectivity index (χ1n) is 6.90. The molecule has 1 unspecified atom stereocenters. The van der Waals surface area contributed by atoms with Crippen LogP contribution in [-0.4, -0.2) is 29.2 Å². The van der Waals surface area contributed by atoms with E-state index in [0.717, 1.165) is 23.6 Å². The second-order valence-electron chi connectivity index (χ2n) is 4.75. The first kappa shape index (κ1) is 13.9. The number of ether oxygens (including phenoxy) is 2. The molecule has 21 heavy (non-hydrogen) atoms. The molecule has 1 aromatic carbocycles. The van der Waals surface area contributed by atoms with E-state index >= 15 is 0 Å². The standard InChI is InChI=1S/C15H16ClN3O2/c1-2-10-7-14(19-15(16)18-10)17-8-11-9-20-12-5-3-4-6-13(12)21-11/h3-7,11H,2,8-9H2,1H3,(H,17,18,19). The van der Waals surface area contributed by atoms with E-state index in [-0.39, 0.29) is 11.4 Å². The van der Waals surface area contributed by atoms with Crippen LogP contribution in [0.3, 0.4) is 0 Å². The fourth-order valence-electron chi connectivity index (χ4n) is 2.12. The van der Waals surface area contributed by atoms with Gasteiger partial charge < -0.3 is 14.8 Å². The number of fused-ring (bicyclic) bond motifs is 1. The minimum Gasteiger partial charge on any atom is -0.486 e. The van der Waals surface area contributed by atoms with E-state index in [0.29, 0.717) is 19.0 Å². The summed E-state index contributed by atoms with van der Waals surface area (Å²) in [6.07, 6.45) is 0.742. The van der Waals surface area contributed by atoms with Crippen molar-refractivity contribution in [2.24, 2.45) is 0 Å². The summed E-state index contributed by atoms with van der Waals surface area (Å²) in [6, 6.07) is 9.55. The van der Waals surface area contributed by atoms with Gasteiger partial charge in [0.1, 0.15) is 18.5 Å². The van der Waals surface area contributed by atoms with E-state index in [9.17, 15) is 0 Å². The molecule has 0 saturated carbocycles. The van der Waals surface area contributed by atoms with Crippen molar-refractivity contribution < 1.29 is 9.47 Å². The quantitative estimate of drug-likeness (QED) is 0.880. The highest BCUT2D eigenvalue weighted by Gasteiger charge is 2.20. The van der Waals surface area contributed by atoms with Gasteiger partial charge in [0.25, 0.3) is 0 Å². The highest BCUT2D eigenvalue weighted by Crippen LogP contribution is 2.30. The van der Waals surface area contributed by atoms with Crippen molar-refractivity contribution in [2.45, 2.75) is 19.4 Å². The largest absolute Gasteiger partial charge is 0.486 e. The zero-order chi connectivity index (χ0) is 14.7. The second kappa shape index (κ2) is 6.18. The van der Waals surface area contributed by atoms with Crippen molar-refractivity contribution in [2.75, 3.05) is 18.5 Å². The number of aryl methyl sites for hydroxylation is 1. The molecule has 0 aliphatic carbocycles. The first-order chi connectivity index (χ1) is 10.2. The topological polar surface area (TPSA) is 56.3 Å². The number of para-hydroxylation sites is 2. The molecule has 0 radical (unpaired) electrons. The van der Waals surface area contributed by atoms with E-state index in [2.05, 4.69) is 15.3 Å². The molecule has 6 heteroatoms. The van der Waals surface area contributed by atoms with E-state index in [4.69, 9.17) is 21.1 Å². The summed E-state index contributed by atoms with van der Waals surface area (Å²) >= 11 is 5.90. The molecule has 0 fully saturated rings. The van der Waals surface area contributed by atoms with Gasteiger partial charge in [-0.2, -0.15) is 0 Å². The highest BCUT2D eigenvalue weighted by atomic mass is 35.5. The van der Waals surface area contributed by atoms with Crippen molar-refractivity contribution in [1.82, 2.24) is 9.97 Å². The number of halogens is 1. The van der Waals surface area contributed by atoms with Gasteiger partial charge >= 0.3 is 0 Å². The average Bonchev–Trinajstić information content (AvgIpc) is 2.52. The summed E-state index contributed by atoms with van der Waals surface area (Å²) < 4.78 is 11.5. The Labute approximate surface area is 128 Å². The van der Waals surface area contributed by atoms with Gasteiger partial charge in [-0.15, -0.1) is 0 Å². The number of nitrogens with zero attached hydrogens (tertiary/aromatic N) is 2. The van der Waals surface area contributed by atoms with E-state index in [1.807, 2.05) is 37.3 Å². The molecular formula is C15H16ClN3O2. The summed E-state index contributed by atoms with van der Waals surface area (Å²) in [5, 5.41) is 3.47.